The van der Waals surface area contributed by atoms with Crippen molar-refractivity contribution in [1.82, 2.24) is 10.6 Å². The van der Waals surface area contributed by atoms with E-state index in [0.29, 0.717) is 23.4 Å². The molecule has 0 aliphatic heterocycles. The molecular formula is C24H27BClN3O2. The molecule has 1 aromatic rings. The van der Waals surface area contributed by atoms with E-state index in [1.54, 1.807) is 0 Å². The van der Waals surface area contributed by atoms with Crippen molar-refractivity contribution in [3.05, 3.63) is 82.0 Å². The maximum absolute atomic E-state index is 13.0. The Morgan fingerprint density at radius 2 is 1.90 bits per heavy atom. The highest BCUT2D eigenvalue weighted by molar-refractivity contribution is 6.58. The first-order valence-electron chi connectivity index (χ1n) is 10.5. The monoisotopic (exact) mass is 435 g/mol. The fourth-order valence-corrected chi connectivity index (χ4v) is 3.91. The number of carbonyl (C=O) groups is 2. The van der Waals surface area contributed by atoms with Crippen LogP contribution < -0.4 is 10.6 Å². The smallest absolute Gasteiger partial charge is 0.251 e. The molecule has 1 unspecified atom stereocenters. The summed E-state index contributed by atoms with van der Waals surface area (Å²) in [4.78, 5) is 24.2. The van der Waals surface area contributed by atoms with E-state index in [-0.39, 0.29) is 29.5 Å². The zero-order valence-electron chi connectivity index (χ0n) is 17.9. The second-order valence-corrected chi connectivity index (χ2v) is 8.40. The normalized spacial score (nSPS) is 18.9. The molecule has 0 heterocycles. The lowest BCUT2D eigenvalue weighted by molar-refractivity contribution is -0.118. The molecule has 0 radical (unpaired) electrons. The molecule has 1 aromatic carbocycles. The topological polar surface area (TPSA) is 82.1 Å². The molecule has 0 aromatic heterocycles. The number of hydrogen-bond acceptors (Lipinski definition) is 3. The van der Waals surface area contributed by atoms with Crippen LogP contribution in [0.5, 0.6) is 0 Å². The van der Waals surface area contributed by atoms with Crippen LogP contribution in [0.15, 0.2) is 71.4 Å². The largest absolute Gasteiger partial charge is 0.349 e. The quantitative estimate of drug-likeness (QED) is 0.360. The van der Waals surface area contributed by atoms with E-state index in [1.807, 2.05) is 55.5 Å². The average Bonchev–Trinajstić information content (AvgIpc) is 2.75. The molecule has 3 N–H and O–H groups in total. The third-order valence-corrected chi connectivity index (χ3v) is 5.78. The molecule has 0 bridgehead atoms. The van der Waals surface area contributed by atoms with Gasteiger partial charge in [-0.25, -0.2) is 0 Å². The molecule has 2 amide bonds. The van der Waals surface area contributed by atoms with Crippen LogP contribution in [0, 0.1) is 11.3 Å². The Balaban J connectivity index is 1.59. The molecule has 2 aliphatic rings. The van der Waals surface area contributed by atoms with Crippen LogP contribution in [0.25, 0.3) is 0 Å². The lowest BCUT2D eigenvalue weighted by atomic mass is 9.89. The molecule has 2 atom stereocenters. The molecule has 0 saturated carbocycles. The lowest BCUT2D eigenvalue weighted by Crippen LogP contribution is -2.39. The van der Waals surface area contributed by atoms with Crippen molar-refractivity contribution in [3.63, 3.8) is 0 Å². The second-order valence-electron chi connectivity index (χ2n) is 7.96. The second kappa shape index (κ2) is 10.4. The number of amidine groups is 1. The highest BCUT2D eigenvalue weighted by Crippen LogP contribution is 2.25. The van der Waals surface area contributed by atoms with Gasteiger partial charge in [-0.2, -0.15) is 0 Å². The minimum atomic E-state index is -0.259. The number of carbonyl (C=O) groups excluding carboxylic acids is 2. The van der Waals surface area contributed by atoms with Crippen molar-refractivity contribution < 1.29 is 9.59 Å². The zero-order chi connectivity index (χ0) is 22.4. The predicted molar refractivity (Wildman–Crippen MR) is 128 cm³/mol. The average molecular weight is 436 g/mol. The fraction of sp³-hybridized carbons (Fsp3) is 0.292. The summed E-state index contributed by atoms with van der Waals surface area (Å²) in [6.07, 6.45) is 13.1. The summed E-state index contributed by atoms with van der Waals surface area (Å²) in [6.45, 7) is 2.00. The first-order chi connectivity index (χ1) is 14.8. The third kappa shape index (κ3) is 6.31. The van der Waals surface area contributed by atoms with E-state index in [1.165, 1.54) is 7.85 Å². The summed E-state index contributed by atoms with van der Waals surface area (Å²) in [7, 11) is 1.39. The van der Waals surface area contributed by atoms with Gasteiger partial charge in [0.25, 0.3) is 5.91 Å². The summed E-state index contributed by atoms with van der Waals surface area (Å²) in [5, 5.41) is 14.3. The summed E-state index contributed by atoms with van der Waals surface area (Å²) >= 11 is 5.98. The van der Waals surface area contributed by atoms with Crippen molar-refractivity contribution in [2.45, 2.75) is 38.6 Å². The first kappa shape index (κ1) is 22.8. The molecule has 5 nitrogen and oxygen atoms in total. The van der Waals surface area contributed by atoms with Crippen LogP contribution in [0.2, 0.25) is 5.02 Å². The van der Waals surface area contributed by atoms with E-state index < -0.39 is 0 Å². The van der Waals surface area contributed by atoms with Crippen LogP contribution in [0.3, 0.4) is 0 Å². The van der Waals surface area contributed by atoms with Gasteiger partial charge in [0.1, 0.15) is 5.84 Å². The maximum atomic E-state index is 13.0. The summed E-state index contributed by atoms with van der Waals surface area (Å²) in [5.41, 5.74) is 3.60. The molecule has 31 heavy (non-hydrogen) atoms. The van der Waals surface area contributed by atoms with Gasteiger partial charge in [-0.3, -0.25) is 15.0 Å². The number of amides is 2. The number of halogens is 1. The van der Waals surface area contributed by atoms with Gasteiger partial charge in [0, 0.05) is 28.1 Å². The van der Waals surface area contributed by atoms with Crippen LogP contribution in [0.4, 0.5) is 4.79 Å². The van der Waals surface area contributed by atoms with Gasteiger partial charge in [-0.1, -0.05) is 54.1 Å². The van der Waals surface area contributed by atoms with Gasteiger partial charge in [-0.05, 0) is 55.9 Å². The van der Waals surface area contributed by atoms with Crippen molar-refractivity contribution in [2.75, 3.05) is 0 Å². The number of rotatable bonds is 6. The van der Waals surface area contributed by atoms with Gasteiger partial charge < -0.3 is 10.6 Å². The van der Waals surface area contributed by atoms with Crippen molar-refractivity contribution in [3.8, 4) is 0 Å². The van der Waals surface area contributed by atoms with E-state index >= 15 is 0 Å². The summed E-state index contributed by atoms with van der Waals surface area (Å²) in [6, 6.07) is 7.66. The molecule has 0 saturated heterocycles. The Labute approximate surface area is 189 Å². The minimum Gasteiger partial charge on any atom is -0.349 e. The Morgan fingerprint density at radius 1 is 1.19 bits per heavy atom. The SMILES string of the molecule is BC(=O)NC(=N)C1=CCC([C@H](C)NC(=O)C2=CCCC=C2Cc2ccc(Cl)cc2)C=C1. The molecule has 7 heteroatoms. The van der Waals surface area contributed by atoms with Crippen molar-refractivity contribution in [2.24, 2.45) is 5.92 Å². The van der Waals surface area contributed by atoms with Crippen LogP contribution in [-0.4, -0.2) is 31.4 Å². The molecule has 0 fully saturated rings. The predicted octanol–water partition coefficient (Wildman–Crippen LogP) is 3.86. The van der Waals surface area contributed by atoms with E-state index in [2.05, 4.69) is 16.7 Å². The molecule has 2 aliphatic carbocycles. The van der Waals surface area contributed by atoms with Gasteiger partial charge in [0.05, 0.1) is 0 Å². The van der Waals surface area contributed by atoms with Gasteiger partial charge in [0.2, 0.25) is 7.85 Å². The van der Waals surface area contributed by atoms with Crippen LogP contribution in [-0.2, 0) is 11.2 Å². The Morgan fingerprint density at radius 3 is 2.55 bits per heavy atom. The zero-order valence-corrected chi connectivity index (χ0v) is 18.6. The van der Waals surface area contributed by atoms with Gasteiger partial charge in [0.15, 0.2) is 5.81 Å². The lowest BCUT2D eigenvalue weighted by Gasteiger charge is -2.25. The molecular weight excluding hydrogens is 409 g/mol. The molecule has 160 valence electrons. The van der Waals surface area contributed by atoms with Crippen molar-refractivity contribution in [1.29, 1.82) is 5.41 Å². The molecule has 3 rings (SSSR count). The van der Waals surface area contributed by atoms with E-state index in [4.69, 9.17) is 17.0 Å². The Bertz CT molecular complexity index is 993. The van der Waals surface area contributed by atoms with Crippen LogP contribution in [0.1, 0.15) is 31.7 Å². The van der Waals surface area contributed by atoms with Gasteiger partial charge in [-0.15, -0.1) is 0 Å². The highest BCUT2D eigenvalue weighted by Gasteiger charge is 2.23. The van der Waals surface area contributed by atoms with Crippen molar-refractivity contribution >= 4 is 37.0 Å². The van der Waals surface area contributed by atoms with E-state index in [9.17, 15) is 9.59 Å². The summed E-state index contributed by atoms with van der Waals surface area (Å²) in [5.74, 6) is -0.0826. The highest BCUT2D eigenvalue weighted by atomic mass is 35.5. The minimum absolute atomic E-state index is 0.0541. The Kier molecular flexibility index (Phi) is 7.69. The third-order valence-electron chi connectivity index (χ3n) is 5.53. The number of allylic oxidation sites excluding steroid dienone is 3. The number of hydrogen-bond donors (Lipinski definition) is 3. The number of benzene rings is 1. The summed E-state index contributed by atoms with van der Waals surface area (Å²) < 4.78 is 0. The van der Waals surface area contributed by atoms with E-state index in [0.717, 1.165) is 29.6 Å². The standard InChI is InChI=1S/C24H27BClN3O2/c1-15(17-8-10-18(11-9-17)22(27)29-24(25)31)28-23(30)21-5-3-2-4-19(21)14-16-6-12-20(26)13-7-16/h4-8,10-13,15,17H,2-3,9,14,25H2,1H3,(H,28,30)(H2,27,29,31)/t15-,17?/m0/s1. The first-order valence-corrected chi connectivity index (χ1v) is 10.9. The maximum Gasteiger partial charge on any atom is 0.251 e. The fourth-order valence-electron chi connectivity index (χ4n) is 3.79. The number of nitrogens with one attached hydrogen (secondary N) is 3. The van der Waals surface area contributed by atoms with Crippen LogP contribution >= 0.6 is 11.6 Å². The Hall–Kier alpha value is -2.86. The molecule has 0 spiro atoms. The van der Waals surface area contributed by atoms with Gasteiger partial charge >= 0.3 is 0 Å².